The number of ketones is 1. The summed E-state index contributed by atoms with van der Waals surface area (Å²) in [6.07, 6.45) is 1.66. The average Bonchev–Trinajstić information content (AvgIpc) is 3.35. The lowest BCUT2D eigenvalue weighted by molar-refractivity contribution is -0.123. The Balaban J connectivity index is 1.54. The molecule has 4 atom stereocenters. The van der Waals surface area contributed by atoms with Gasteiger partial charge in [0.25, 0.3) is 0 Å². The van der Waals surface area contributed by atoms with Crippen LogP contribution in [0.3, 0.4) is 0 Å². The van der Waals surface area contributed by atoms with Crippen LogP contribution in [0.2, 0.25) is 5.02 Å². The SMILES string of the molecule is O=C(c1ccc(Cl)cc1)[C@@H]1[C@@H]2C(=O)N(c3ccc(F)cc3)C(=O)[C@@H]2[C@H]2CCCN21. The summed E-state index contributed by atoms with van der Waals surface area (Å²) in [6.45, 7) is 0.693. The highest BCUT2D eigenvalue weighted by atomic mass is 35.5. The number of benzene rings is 2. The molecule has 5 nitrogen and oxygen atoms in total. The number of halogens is 2. The van der Waals surface area contributed by atoms with E-state index >= 15 is 0 Å². The van der Waals surface area contributed by atoms with Crippen LogP contribution in [0.15, 0.2) is 48.5 Å². The van der Waals surface area contributed by atoms with Crippen molar-refractivity contribution in [1.29, 1.82) is 0 Å². The number of Topliss-reactive ketones (excluding diaryl/α,β-unsaturated/α-hetero) is 1. The minimum atomic E-state index is -0.721. The molecular weight excluding hydrogens is 395 g/mol. The first kappa shape index (κ1) is 18.5. The third-order valence-corrected chi connectivity index (χ3v) is 6.59. The van der Waals surface area contributed by atoms with E-state index in [2.05, 4.69) is 0 Å². The largest absolute Gasteiger partial charge is 0.292 e. The Bertz CT molecular complexity index is 1010. The summed E-state index contributed by atoms with van der Waals surface area (Å²) >= 11 is 5.94. The van der Waals surface area contributed by atoms with E-state index in [-0.39, 0.29) is 23.6 Å². The predicted octanol–water partition coefficient (Wildman–Crippen LogP) is 3.31. The van der Waals surface area contributed by atoms with Gasteiger partial charge >= 0.3 is 0 Å². The summed E-state index contributed by atoms with van der Waals surface area (Å²) in [5, 5.41) is 0.527. The molecule has 3 aliphatic heterocycles. The predicted molar refractivity (Wildman–Crippen MR) is 105 cm³/mol. The van der Waals surface area contributed by atoms with E-state index in [1.165, 1.54) is 24.3 Å². The lowest BCUT2D eigenvalue weighted by Crippen LogP contribution is -2.46. The minimum absolute atomic E-state index is 0.122. The molecule has 29 heavy (non-hydrogen) atoms. The Morgan fingerprint density at radius 1 is 0.966 bits per heavy atom. The Morgan fingerprint density at radius 3 is 2.31 bits per heavy atom. The number of carbonyl (C=O) groups excluding carboxylic acids is 3. The van der Waals surface area contributed by atoms with Crippen molar-refractivity contribution in [2.75, 3.05) is 11.4 Å². The van der Waals surface area contributed by atoms with E-state index < -0.39 is 23.7 Å². The second kappa shape index (κ2) is 6.75. The van der Waals surface area contributed by atoms with Crippen molar-refractivity contribution < 1.29 is 18.8 Å². The van der Waals surface area contributed by atoms with E-state index in [1.807, 2.05) is 4.90 Å². The first-order valence-corrected chi connectivity index (χ1v) is 10.0. The molecule has 3 fully saturated rings. The van der Waals surface area contributed by atoms with Crippen LogP contribution in [0.5, 0.6) is 0 Å². The van der Waals surface area contributed by atoms with Crippen molar-refractivity contribution in [2.45, 2.75) is 24.9 Å². The van der Waals surface area contributed by atoms with E-state index in [1.54, 1.807) is 24.3 Å². The summed E-state index contributed by atoms with van der Waals surface area (Å²) in [7, 11) is 0. The van der Waals surface area contributed by atoms with E-state index in [0.29, 0.717) is 22.8 Å². The van der Waals surface area contributed by atoms with Crippen LogP contribution in [0.1, 0.15) is 23.2 Å². The summed E-state index contributed by atoms with van der Waals surface area (Å²) in [5.74, 6) is -2.55. The van der Waals surface area contributed by atoms with Gasteiger partial charge in [0.05, 0.1) is 23.6 Å². The van der Waals surface area contributed by atoms with Crippen LogP contribution in [0.25, 0.3) is 0 Å². The molecular formula is C22H18ClFN2O3. The molecule has 0 bridgehead atoms. The number of anilines is 1. The number of carbonyl (C=O) groups is 3. The number of rotatable bonds is 3. The van der Waals surface area contributed by atoms with Gasteiger partial charge in [-0.25, -0.2) is 9.29 Å². The highest BCUT2D eigenvalue weighted by molar-refractivity contribution is 6.30. The fourth-order valence-electron chi connectivity index (χ4n) is 5.14. The molecule has 2 aromatic carbocycles. The third-order valence-electron chi connectivity index (χ3n) is 6.33. The topological polar surface area (TPSA) is 57.7 Å². The number of hydrogen-bond acceptors (Lipinski definition) is 4. The molecule has 3 saturated heterocycles. The maximum absolute atomic E-state index is 13.4. The molecule has 0 aliphatic carbocycles. The van der Waals surface area contributed by atoms with Gasteiger partial charge in [0.2, 0.25) is 11.8 Å². The van der Waals surface area contributed by atoms with Crippen LogP contribution in [-0.2, 0) is 9.59 Å². The normalized spacial score (nSPS) is 28.7. The summed E-state index contributed by atoms with van der Waals surface area (Å²) < 4.78 is 13.3. The average molecular weight is 413 g/mol. The number of imide groups is 1. The lowest BCUT2D eigenvalue weighted by Gasteiger charge is -2.27. The number of amides is 2. The minimum Gasteiger partial charge on any atom is -0.292 e. The fourth-order valence-corrected chi connectivity index (χ4v) is 5.27. The quantitative estimate of drug-likeness (QED) is 0.573. The Labute approximate surface area is 172 Å². The Morgan fingerprint density at radius 2 is 1.62 bits per heavy atom. The number of nitrogens with zero attached hydrogens (tertiary/aromatic N) is 2. The zero-order valence-electron chi connectivity index (χ0n) is 15.4. The van der Waals surface area contributed by atoms with Crippen molar-refractivity contribution in [2.24, 2.45) is 11.8 Å². The van der Waals surface area contributed by atoms with Gasteiger partial charge < -0.3 is 0 Å². The zero-order valence-corrected chi connectivity index (χ0v) is 16.2. The monoisotopic (exact) mass is 412 g/mol. The van der Waals surface area contributed by atoms with Crippen molar-refractivity contribution in [3.05, 3.63) is 64.9 Å². The van der Waals surface area contributed by atoms with E-state index in [4.69, 9.17) is 11.6 Å². The molecule has 0 radical (unpaired) electrons. The highest BCUT2D eigenvalue weighted by Crippen LogP contribution is 2.48. The summed E-state index contributed by atoms with van der Waals surface area (Å²) in [4.78, 5) is 43.1. The lowest BCUT2D eigenvalue weighted by atomic mass is 9.85. The number of fused-ring (bicyclic) bond motifs is 3. The van der Waals surface area contributed by atoms with Crippen molar-refractivity contribution >= 4 is 34.9 Å². The molecule has 3 heterocycles. The Kier molecular flexibility index (Phi) is 4.29. The molecule has 2 amide bonds. The van der Waals surface area contributed by atoms with Gasteiger partial charge in [-0.3, -0.25) is 19.3 Å². The molecule has 5 rings (SSSR count). The first-order valence-electron chi connectivity index (χ1n) is 9.66. The summed E-state index contributed by atoms with van der Waals surface area (Å²) in [5.41, 5.74) is 0.823. The molecule has 0 aromatic heterocycles. The van der Waals surface area contributed by atoms with Crippen LogP contribution in [0.4, 0.5) is 10.1 Å². The van der Waals surface area contributed by atoms with Crippen LogP contribution < -0.4 is 4.90 Å². The van der Waals surface area contributed by atoms with Gasteiger partial charge in [-0.15, -0.1) is 0 Å². The molecule has 0 spiro atoms. The molecule has 0 saturated carbocycles. The maximum atomic E-state index is 13.4. The van der Waals surface area contributed by atoms with Crippen LogP contribution >= 0.6 is 11.6 Å². The first-order chi connectivity index (χ1) is 14.0. The Hall–Kier alpha value is -2.57. The molecule has 3 aliphatic rings. The van der Waals surface area contributed by atoms with Gasteiger partial charge in [0.1, 0.15) is 5.82 Å². The van der Waals surface area contributed by atoms with Crippen molar-refractivity contribution in [1.82, 2.24) is 4.90 Å². The second-order valence-electron chi connectivity index (χ2n) is 7.80. The van der Waals surface area contributed by atoms with E-state index in [9.17, 15) is 18.8 Å². The van der Waals surface area contributed by atoms with E-state index in [0.717, 1.165) is 17.7 Å². The van der Waals surface area contributed by atoms with Crippen LogP contribution in [-0.4, -0.2) is 41.1 Å². The molecule has 148 valence electrons. The second-order valence-corrected chi connectivity index (χ2v) is 8.24. The molecule has 0 N–H and O–H groups in total. The van der Waals surface area contributed by atoms with Gasteiger partial charge in [0.15, 0.2) is 5.78 Å². The summed E-state index contributed by atoms with van der Waals surface area (Å²) in [6, 6.07) is 11.1. The van der Waals surface area contributed by atoms with Gasteiger partial charge in [-0.05, 0) is 67.9 Å². The highest BCUT2D eigenvalue weighted by Gasteiger charge is 2.64. The molecule has 0 unspecified atom stereocenters. The zero-order chi connectivity index (χ0) is 20.3. The fraction of sp³-hybridized carbons (Fsp3) is 0.318. The number of hydrogen-bond donors (Lipinski definition) is 0. The third kappa shape index (κ3) is 2.74. The maximum Gasteiger partial charge on any atom is 0.239 e. The van der Waals surface area contributed by atoms with Gasteiger partial charge in [-0.1, -0.05) is 11.6 Å². The van der Waals surface area contributed by atoms with Gasteiger partial charge in [-0.2, -0.15) is 0 Å². The standard InChI is InChI=1S/C22H18ClFN2O3/c23-13-5-3-12(4-6-13)20(27)19-18-17(16-2-1-11-25(16)19)21(28)26(22(18)29)15-9-7-14(24)8-10-15/h3-10,16-19H,1-2,11H2/t16-,17-,18-,19+/m1/s1. The van der Waals surface area contributed by atoms with Gasteiger partial charge in [0, 0.05) is 16.6 Å². The molecule has 7 heteroatoms. The van der Waals surface area contributed by atoms with Crippen molar-refractivity contribution in [3.8, 4) is 0 Å². The smallest absolute Gasteiger partial charge is 0.239 e. The van der Waals surface area contributed by atoms with Crippen molar-refractivity contribution in [3.63, 3.8) is 0 Å². The van der Waals surface area contributed by atoms with Crippen LogP contribution in [0, 0.1) is 17.7 Å². The molecule has 2 aromatic rings.